The van der Waals surface area contributed by atoms with Gasteiger partial charge in [0, 0.05) is 5.57 Å². The van der Waals surface area contributed by atoms with Crippen molar-refractivity contribution in [1.29, 1.82) is 0 Å². The van der Waals surface area contributed by atoms with E-state index < -0.39 is 11.4 Å². The summed E-state index contributed by atoms with van der Waals surface area (Å²) < 4.78 is 15.3. The minimum atomic E-state index is -0.986. The Kier molecular flexibility index (Phi) is 5.74. The lowest BCUT2D eigenvalue weighted by Gasteiger charge is -2.28. The maximum absolute atomic E-state index is 11.3. The molecule has 1 fully saturated rings. The van der Waals surface area contributed by atoms with E-state index in [1.807, 2.05) is 0 Å². The Bertz CT molecular complexity index is 293. The van der Waals surface area contributed by atoms with Crippen LogP contribution in [0.2, 0.25) is 0 Å². The van der Waals surface area contributed by atoms with Crippen LogP contribution >= 0.6 is 0 Å². The van der Waals surface area contributed by atoms with Crippen molar-refractivity contribution in [3.8, 4) is 0 Å². The number of hydrogen-bond acceptors (Lipinski definition) is 6. The molecule has 1 saturated heterocycles. The number of esters is 1. The van der Waals surface area contributed by atoms with E-state index in [1.165, 1.54) is 6.92 Å². The average molecular weight is 260 g/mol. The molecule has 0 spiro atoms. The first-order valence-corrected chi connectivity index (χ1v) is 5.77. The predicted molar refractivity (Wildman–Crippen MR) is 62.9 cm³/mol. The standard InChI is InChI=1S/C12H20O6/c1-9(2)11(15)18-8-12(5-13,6-14)7-16-3-10-4-17-10/h10,13-14H,1,3-8H2,2H3. The molecule has 1 aliphatic rings. The Morgan fingerprint density at radius 1 is 1.44 bits per heavy atom. The number of hydrogen-bond donors (Lipinski definition) is 2. The van der Waals surface area contributed by atoms with Gasteiger partial charge in [0.15, 0.2) is 0 Å². The van der Waals surface area contributed by atoms with Gasteiger partial charge in [-0.1, -0.05) is 6.58 Å². The minimum Gasteiger partial charge on any atom is -0.461 e. The van der Waals surface area contributed by atoms with Gasteiger partial charge in [0.05, 0.1) is 38.4 Å². The van der Waals surface area contributed by atoms with Gasteiger partial charge in [-0.3, -0.25) is 0 Å². The number of rotatable bonds is 9. The molecule has 0 saturated carbocycles. The van der Waals surface area contributed by atoms with Gasteiger partial charge in [-0.2, -0.15) is 0 Å². The number of epoxide rings is 1. The summed E-state index contributed by atoms with van der Waals surface area (Å²) in [7, 11) is 0. The molecule has 0 aromatic rings. The fourth-order valence-corrected chi connectivity index (χ4v) is 1.19. The van der Waals surface area contributed by atoms with Gasteiger partial charge in [0.25, 0.3) is 0 Å². The van der Waals surface area contributed by atoms with Crippen molar-refractivity contribution in [1.82, 2.24) is 0 Å². The van der Waals surface area contributed by atoms with E-state index in [0.29, 0.717) is 13.2 Å². The van der Waals surface area contributed by atoms with Crippen molar-refractivity contribution < 1.29 is 29.2 Å². The molecule has 0 aromatic heterocycles. The molecule has 1 heterocycles. The number of carbonyl (C=O) groups is 1. The lowest BCUT2D eigenvalue weighted by atomic mass is 9.92. The lowest BCUT2D eigenvalue weighted by Crippen LogP contribution is -2.40. The maximum atomic E-state index is 11.3. The highest BCUT2D eigenvalue weighted by molar-refractivity contribution is 5.86. The molecule has 104 valence electrons. The zero-order valence-electron chi connectivity index (χ0n) is 10.6. The Hall–Kier alpha value is -0.950. The van der Waals surface area contributed by atoms with Gasteiger partial charge in [0.2, 0.25) is 0 Å². The van der Waals surface area contributed by atoms with Crippen molar-refractivity contribution in [3.05, 3.63) is 12.2 Å². The quantitative estimate of drug-likeness (QED) is 0.330. The van der Waals surface area contributed by atoms with E-state index in [1.54, 1.807) is 0 Å². The topological polar surface area (TPSA) is 88.5 Å². The molecule has 1 atom stereocenters. The van der Waals surface area contributed by atoms with Gasteiger partial charge >= 0.3 is 5.97 Å². The first-order chi connectivity index (χ1) is 8.53. The average Bonchev–Trinajstić information content (AvgIpc) is 3.17. The predicted octanol–water partition coefficient (Wildman–Crippen LogP) is -0.508. The van der Waals surface area contributed by atoms with Crippen LogP contribution in [0.4, 0.5) is 0 Å². The molecule has 0 radical (unpaired) electrons. The number of carbonyl (C=O) groups excluding carboxylic acids is 1. The largest absolute Gasteiger partial charge is 0.461 e. The second kappa shape index (κ2) is 6.84. The van der Waals surface area contributed by atoms with Crippen LogP contribution in [-0.4, -0.2) is 61.9 Å². The second-order valence-electron chi connectivity index (χ2n) is 4.64. The fourth-order valence-electron chi connectivity index (χ4n) is 1.19. The van der Waals surface area contributed by atoms with Gasteiger partial charge in [-0.15, -0.1) is 0 Å². The van der Waals surface area contributed by atoms with Crippen LogP contribution in [-0.2, 0) is 19.0 Å². The summed E-state index contributed by atoms with van der Waals surface area (Å²) in [4.78, 5) is 11.3. The summed E-state index contributed by atoms with van der Waals surface area (Å²) in [5, 5.41) is 18.6. The van der Waals surface area contributed by atoms with Crippen LogP contribution in [0.25, 0.3) is 0 Å². The first-order valence-electron chi connectivity index (χ1n) is 5.77. The highest BCUT2D eigenvalue weighted by Crippen LogP contribution is 2.19. The summed E-state index contributed by atoms with van der Waals surface area (Å²) in [6, 6.07) is 0. The van der Waals surface area contributed by atoms with Crippen LogP contribution in [0.5, 0.6) is 0 Å². The van der Waals surface area contributed by atoms with E-state index in [-0.39, 0.29) is 38.1 Å². The van der Waals surface area contributed by atoms with Crippen LogP contribution in [0.15, 0.2) is 12.2 Å². The Morgan fingerprint density at radius 3 is 2.50 bits per heavy atom. The summed E-state index contributed by atoms with van der Waals surface area (Å²) in [5.41, 5.74) is -0.716. The highest BCUT2D eigenvalue weighted by Gasteiger charge is 2.33. The third kappa shape index (κ3) is 4.73. The third-order valence-corrected chi connectivity index (χ3v) is 2.64. The molecule has 18 heavy (non-hydrogen) atoms. The van der Waals surface area contributed by atoms with Crippen LogP contribution in [0.1, 0.15) is 6.92 Å². The zero-order valence-corrected chi connectivity index (χ0v) is 10.6. The molecule has 6 nitrogen and oxygen atoms in total. The van der Waals surface area contributed by atoms with Crippen LogP contribution in [0.3, 0.4) is 0 Å². The van der Waals surface area contributed by atoms with Crippen LogP contribution in [0, 0.1) is 5.41 Å². The monoisotopic (exact) mass is 260 g/mol. The van der Waals surface area contributed by atoms with Crippen molar-refractivity contribution in [2.75, 3.05) is 39.6 Å². The Balaban J connectivity index is 2.38. The number of ether oxygens (including phenoxy) is 3. The zero-order chi connectivity index (χ0) is 13.6. The molecule has 6 heteroatoms. The molecule has 0 aliphatic carbocycles. The molecular weight excluding hydrogens is 240 g/mol. The smallest absolute Gasteiger partial charge is 0.333 e. The molecule has 0 bridgehead atoms. The fraction of sp³-hybridized carbons (Fsp3) is 0.750. The molecule has 2 N–H and O–H groups in total. The van der Waals surface area contributed by atoms with Gasteiger partial charge < -0.3 is 24.4 Å². The summed E-state index contributed by atoms with van der Waals surface area (Å²) in [6.45, 7) is 5.39. The Morgan fingerprint density at radius 2 is 2.06 bits per heavy atom. The second-order valence-corrected chi connectivity index (χ2v) is 4.64. The summed E-state index contributed by atoms with van der Waals surface area (Å²) in [5.74, 6) is -0.549. The molecule has 0 aromatic carbocycles. The molecule has 0 amide bonds. The molecule has 1 rings (SSSR count). The normalized spacial score (nSPS) is 18.5. The molecular formula is C12H20O6. The van der Waals surface area contributed by atoms with E-state index in [4.69, 9.17) is 14.2 Å². The van der Waals surface area contributed by atoms with E-state index in [2.05, 4.69) is 6.58 Å². The van der Waals surface area contributed by atoms with Gasteiger partial charge in [-0.25, -0.2) is 4.79 Å². The summed E-state index contributed by atoms with van der Waals surface area (Å²) >= 11 is 0. The minimum absolute atomic E-state index is 0.101. The van der Waals surface area contributed by atoms with Crippen molar-refractivity contribution in [2.45, 2.75) is 13.0 Å². The molecule has 1 aliphatic heterocycles. The lowest BCUT2D eigenvalue weighted by molar-refractivity contribution is -0.148. The van der Waals surface area contributed by atoms with Gasteiger partial charge in [-0.05, 0) is 6.92 Å². The summed E-state index contributed by atoms with van der Waals surface area (Å²) in [6.07, 6.45) is 0.109. The van der Waals surface area contributed by atoms with E-state index in [0.717, 1.165) is 0 Å². The highest BCUT2D eigenvalue weighted by atomic mass is 16.6. The number of aliphatic hydroxyl groups is 2. The van der Waals surface area contributed by atoms with Crippen molar-refractivity contribution in [3.63, 3.8) is 0 Å². The van der Waals surface area contributed by atoms with E-state index >= 15 is 0 Å². The van der Waals surface area contributed by atoms with Crippen molar-refractivity contribution >= 4 is 5.97 Å². The van der Waals surface area contributed by atoms with Crippen LogP contribution < -0.4 is 0 Å². The van der Waals surface area contributed by atoms with Crippen molar-refractivity contribution in [2.24, 2.45) is 5.41 Å². The van der Waals surface area contributed by atoms with E-state index in [9.17, 15) is 15.0 Å². The Labute approximate surface area is 106 Å². The first kappa shape index (κ1) is 15.1. The number of aliphatic hydroxyl groups excluding tert-OH is 2. The third-order valence-electron chi connectivity index (χ3n) is 2.64. The maximum Gasteiger partial charge on any atom is 0.333 e. The van der Waals surface area contributed by atoms with Gasteiger partial charge in [0.1, 0.15) is 12.7 Å². The SMILES string of the molecule is C=C(C)C(=O)OCC(CO)(CO)COCC1CO1. The molecule has 1 unspecified atom stereocenters.